The van der Waals surface area contributed by atoms with Crippen molar-refractivity contribution in [3.8, 4) is 22.3 Å². The Morgan fingerprint density at radius 2 is 1.16 bits per heavy atom. The zero-order valence-corrected chi connectivity index (χ0v) is 18.4. The highest BCUT2D eigenvalue weighted by atomic mass is 15.1. The Hall–Kier alpha value is -3.84. The van der Waals surface area contributed by atoms with Gasteiger partial charge in [0.15, 0.2) is 0 Å². The molecule has 0 spiro atoms. The van der Waals surface area contributed by atoms with E-state index in [1.165, 1.54) is 44.8 Å². The van der Waals surface area contributed by atoms with E-state index in [0.29, 0.717) is 0 Å². The Bertz CT molecular complexity index is 1250. The first-order valence-electron chi connectivity index (χ1n) is 11.2. The number of hydrogen-bond acceptors (Lipinski definition) is 1. The summed E-state index contributed by atoms with van der Waals surface area (Å²) in [5.41, 5.74) is 10.1. The van der Waals surface area contributed by atoms with Gasteiger partial charge in [-0.25, -0.2) is 0 Å². The number of anilines is 2. The zero-order chi connectivity index (χ0) is 21.8. The van der Waals surface area contributed by atoms with Crippen LogP contribution in [0.3, 0.4) is 0 Å². The van der Waals surface area contributed by atoms with Crippen LogP contribution in [0, 0.1) is 0 Å². The fraction of sp³-hybridized carbons (Fsp3) is 0.0968. The van der Waals surface area contributed by atoms with E-state index >= 15 is 0 Å². The third kappa shape index (κ3) is 4.29. The molecule has 156 valence electrons. The first kappa shape index (κ1) is 20.1. The second kappa shape index (κ2) is 9.11. The third-order valence-electron chi connectivity index (χ3n) is 6.16. The van der Waals surface area contributed by atoms with Crippen molar-refractivity contribution in [1.82, 2.24) is 0 Å². The number of benzene rings is 4. The van der Waals surface area contributed by atoms with Gasteiger partial charge in [0.1, 0.15) is 0 Å². The van der Waals surface area contributed by atoms with Crippen molar-refractivity contribution in [2.24, 2.45) is 0 Å². The van der Waals surface area contributed by atoms with Gasteiger partial charge in [0.05, 0.1) is 0 Å². The molecule has 32 heavy (non-hydrogen) atoms. The molecular formula is C31H27N. The quantitative estimate of drug-likeness (QED) is 0.317. The monoisotopic (exact) mass is 413 g/mol. The van der Waals surface area contributed by atoms with E-state index in [-0.39, 0.29) is 0 Å². The maximum absolute atomic E-state index is 2.33. The van der Waals surface area contributed by atoms with Crippen LogP contribution in [0.2, 0.25) is 0 Å². The average molecular weight is 414 g/mol. The van der Waals surface area contributed by atoms with Crippen LogP contribution < -0.4 is 4.90 Å². The molecule has 1 aliphatic carbocycles. The first-order valence-corrected chi connectivity index (χ1v) is 11.2. The zero-order valence-electron chi connectivity index (χ0n) is 18.4. The van der Waals surface area contributed by atoms with Crippen LogP contribution in [0.4, 0.5) is 11.4 Å². The van der Waals surface area contributed by atoms with Gasteiger partial charge in [-0.15, -0.1) is 0 Å². The summed E-state index contributed by atoms with van der Waals surface area (Å²) in [6.45, 7) is 0. The molecule has 0 saturated heterocycles. The van der Waals surface area contributed by atoms with Gasteiger partial charge in [-0.1, -0.05) is 91.0 Å². The maximum atomic E-state index is 2.33. The summed E-state index contributed by atoms with van der Waals surface area (Å²) >= 11 is 0. The lowest BCUT2D eigenvalue weighted by Crippen LogP contribution is -2.10. The second-order valence-electron chi connectivity index (χ2n) is 8.27. The minimum Gasteiger partial charge on any atom is -0.345 e. The summed E-state index contributed by atoms with van der Waals surface area (Å²) in [6.07, 6.45) is 8.87. The van der Waals surface area contributed by atoms with Crippen LogP contribution in [0.1, 0.15) is 18.4 Å². The van der Waals surface area contributed by atoms with Crippen LogP contribution in [0.15, 0.2) is 121 Å². The minimum absolute atomic E-state index is 1.09. The highest BCUT2D eigenvalue weighted by Crippen LogP contribution is 2.35. The van der Waals surface area contributed by atoms with Crippen LogP contribution >= 0.6 is 0 Å². The smallest absolute Gasteiger partial charge is 0.0420 e. The molecule has 0 aromatic heterocycles. The van der Waals surface area contributed by atoms with E-state index in [0.717, 1.165) is 12.8 Å². The van der Waals surface area contributed by atoms with E-state index in [9.17, 15) is 0 Å². The molecule has 1 aliphatic rings. The lowest BCUT2D eigenvalue weighted by atomic mass is 9.93. The Morgan fingerprint density at radius 3 is 1.78 bits per heavy atom. The van der Waals surface area contributed by atoms with Crippen LogP contribution in [0.25, 0.3) is 27.8 Å². The number of hydrogen-bond donors (Lipinski definition) is 0. The van der Waals surface area contributed by atoms with E-state index in [1.807, 2.05) is 0 Å². The minimum atomic E-state index is 1.09. The Kier molecular flexibility index (Phi) is 5.72. The predicted octanol–water partition coefficient (Wildman–Crippen LogP) is 8.52. The van der Waals surface area contributed by atoms with Gasteiger partial charge >= 0.3 is 0 Å². The summed E-state index contributed by atoms with van der Waals surface area (Å²) < 4.78 is 0. The van der Waals surface area contributed by atoms with Gasteiger partial charge in [0.25, 0.3) is 0 Å². The van der Waals surface area contributed by atoms with Crippen molar-refractivity contribution in [2.45, 2.75) is 12.8 Å². The molecule has 5 rings (SSSR count). The fourth-order valence-corrected chi connectivity index (χ4v) is 4.29. The van der Waals surface area contributed by atoms with E-state index in [2.05, 4.69) is 133 Å². The summed E-state index contributed by atoms with van der Waals surface area (Å²) in [5, 5.41) is 0. The van der Waals surface area contributed by atoms with Gasteiger partial charge in [-0.2, -0.15) is 0 Å². The Morgan fingerprint density at radius 1 is 0.562 bits per heavy atom. The fourth-order valence-electron chi connectivity index (χ4n) is 4.29. The highest BCUT2D eigenvalue weighted by molar-refractivity contribution is 5.80. The van der Waals surface area contributed by atoms with Crippen molar-refractivity contribution < 1.29 is 0 Å². The Balaban J connectivity index is 1.53. The molecule has 0 N–H and O–H groups in total. The SMILES string of the molecule is CN(c1ccc(-c2ccccc2)cc1)c1cc(C2=CC=CCC2)cc(-c2ccccc2)c1. The number of rotatable bonds is 5. The van der Waals surface area contributed by atoms with E-state index in [1.54, 1.807) is 0 Å². The largest absolute Gasteiger partial charge is 0.345 e. The standard InChI is InChI=1S/C31H27N/c1-32(30-19-17-27(18-20-30)24-11-5-2-6-12-24)31-22-28(25-13-7-3-8-14-25)21-29(23-31)26-15-9-4-10-16-26/h2-9,11-15,17-23H,10,16H2,1H3. The summed E-state index contributed by atoms with van der Waals surface area (Å²) in [6, 6.07) is 37.0. The van der Waals surface area contributed by atoms with Gasteiger partial charge < -0.3 is 4.90 Å². The van der Waals surface area contributed by atoms with Crippen LogP contribution in [-0.4, -0.2) is 7.05 Å². The van der Waals surface area contributed by atoms with Crippen molar-refractivity contribution >= 4 is 16.9 Å². The van der Waals surface area contributed by atoms with Crippen molar-refractivity contribution in [1.29, 1.82) is 0 Å². The van der Waals surface area contributed by atoms with Gasteiger partial charge in [-0.05, 0) is 76.6 Å². The molecule has 1 nitrogen and oxygen atoms in total. The van der Waals surface area contributed by atoms with Gasteiger partial charge in [-0.3, -0.25) is 0 Å². The molecular weight excluding hydrogens is 386 g/mol. The third-order valence-corrected chi connectivity index (χ3v) is 6.16. The number of allylic oxidation sites excluding steroid dienone is 4. The topological polar surface area (TPSA) is 3.24 Å². The summed E-state index contributed by atoms with van der Waals surface area (Å²) in [7, 11) is 2.15. The average Bonchev–Trinajstić information content (AvgIpc) is 2.89. The second-order valence-corrected chi connectivity index (χ2v) is 8.27. The number of nitrogens with zero attached hydrogens (tertiary/aromatic N) is 1. The Labute approximate surface area is 191 Å². The van der Waals surface area contributed by atoms with Crippen LogP contribution in [0.5, 0.6) is 0 Å². The highest BCUT2D eigenvalue weighted by Gasteiger charge is 2.12. The lowest BCUT2D eigenvalue weighted by Gasteiger charge is -2.23. The molecule has 0 heterocycles. The molecule has 0 saturated carbocycles. The molecule has 0 atom stereocenters. The molecule has 0 fully saturated rings. The van der Waals surface area contributed by atoms with Crippen LogP contribution in [-0.2, 0) is 0 Å². The first-order chi connectivity index (χ1) is 15.8. The summed E-state index contributed by atoms with van der Waals surface area (Å²) in [4.78, 5) is 2.28. The van der Waals surface area contributed by atoms with Gasteiger partial charge in [0, 0.05) is 18.4 Å². The normalized spacial score (nSPS) is 13.0. The van der Waals surface area contributed by atoms with Gasteiger partial charge in [0.2, 0.25) is 0 Å². The van der Waals surface area contributed by atoms with Crippen molar-refractivity contribution in [2.75, 3.05) is 11.9 Å². The van der Waals surface area contributed by atoms with E-state index < -0.39 is 0 Å². The molecule has 0 aliphatic heterocycles. The summed E-state index contributed by atoms with van der Waals surface area (Å²) in [5.74, 6) is 0. The van der Waals surface area contributed by atoms with Crippen molar-refractivity contribution in [3.63, 3.8) is 0 Å². The molecule has 0 radical (unpaired) electrons. The molecule has 0 bridgehead atoms. The molecule has 0 amide bonds. The van der Waals surface area contributed by atoms with E-state index in [4.69, 9.17) is 0 Å². The van der Waals surface area contributed by atoms with Crippen molar-refractivity contribution in [3.05, 3.63) is 127 Å². The molecule has 4 aromatic carbocycles. The maximum Gasteiger partial charge on any atom is 0.0420 e. The lowest BCUT2D eigenvalue weighted by molar-refractivity contribution is 1.05. The molecule has 1 heteroatoms. The molecule has 4 aromatic rings. The molecule has 0 unspecified atom stereocenters. The predicted molar refractivity (Wildman–Crippen MR) is 138 cm³/mol.